The zero-order chi connectivity index (χ0) is 12.8. The molecule has 1 aliphatic rings. The standard InChI is InChI=1S/C15H23ClN2/c1-2-17-15(9-12-18-10-5-6-11-18)13-7-3-4-8-14(13)16/h3-4,7-8,15,17H,2,5-6,9-12H2,1H3. The van der Waals surface area contributed by atoms with Gasteiger partial charge in [-0.15, -0.1) is 0 Å². The van der Waals surface area contributed by atoms with Gasteiger partial charge in [-0.2, -0.15) is 0 Å². The average Bonchev–Trinajstić information content (AvgIpc) is 2.88. The maximum Gasteiger partial charge on any atom is 0.0453 e. The lowest BCUT2D eigenvalue weighted by Crippen LogP contribution is -2.28. The number of halogens is 1. The molecule has 0 aromatic heterocycles. The van der Waals surface area contributed by atoms with Crippen molar-refractivity contribution in [1.29, 1.82) is 0 Å². The van der Waals surface area contributed by atoms with Crippen LogP contribution in [0.3, 0.4) is 0 Å². The van der Waals surface area contributed by atoms with Crippen LogP contribution >= 0.6 is 11.6 Å². The molecule has 1 heterocycles. The van der Waals surface area contributed by atoms with Gasteiger partial charge >= 0.3 is 0 Å². The summed E-state index contributed by atoms with van der Waals surface area (Å²) in [5.74, 6) is 0. The van der Waals surface area contributed by atoms with Crippen LogP contribution in [-0.4, -0.2) is 31.1 Å². The van der Waals surface area contributed by atoms with Crippen molar-refractivity contribution in [3.63, 3.8) is 0 Å². The molecule has 3 heteroatoms. The smallest absolute Gasteiger partial charge is 0.0453 e. The Morgan fingerprint density at radius 2 is 2.00 bits per heavy atom. The lowest BCUT2D eigenvalue weighted by Gasteiger charge is -2.23. The second kappa shape index (κ2) is 7.13. The highest BCUT2D eigenvalue weighted by atomic mass is 35.5. The van der Waals surface area contributed by atoms with E-state index in [1.54, 1.807) is 0 Å². The molecule has 0 aliphatic carbocycles. The van der Waals surface area contributed by atoms with E-state index in [-0.39, 0.29) is 0 Å². The summed E-state index contributed by atoms with van der Waals surface area (Å²) in [6.07, 6.45) is 3.85. The van der Waals surface area contributed by atoms with Crippen LogP contribution in [0.25, 0.3) is 0 Å². The number of nitrogens with zero attached hydrogens (tertiary/aromatic N) is 1. The lowest BCUT2D eigenvalue weighted by molar-refractivity contribution is 0.311. The van der Waals surface area contributed by atoms with Crippen molar-refractivity contribution in [3.05, 3.63) is 34.9 Å². The van der Waals surface area contributed by atoms with Crippen LogP contribution in [-0.2, 0) is 0 Å². The van der Waals surface area contributed by atoms with Crippen molar-refractivity contribution >= 4 is 11.6 Å². The average molecular weight is 267 g/mol. The summed E-state index contributed by atoms with van der Waals surface area (Å²) in [5, 5.41) is 4.43. The van der Waals surface area contributed by atoms with E-state index in [4.69, 9.17) is 11.6 Å². The Bertz CT molecular complexity index is 361. The Morgan fingerprint density at radius 3 is 2.67 bits per heavy atom. The quantitative estimate of drug-likeness (QED) is 0.848. The molecule has 1 atom stereocenters. The van der Waals surface area contributed by atoms with Gasteiger partial charge in [0.25, 0.3) is 0 Å². The third-order valence-electron chi connectivity index (χ3n) is 3.66. The van der Waals surface area contributed by atoms with Crippen molar-refractivity contribution in [3.8, 4) is 0 Å². The number of hydrogen-bond acceptors (Lipinski definition) is 2. The Morgan fingerprint density at radius 1 is 1.28 bits per heavy atom. The Balaban J connectivity index is 1.96. The van der Waals surface area contributed by atoms with Crippen LogP contribution in [0.4, 0.5) is 0 Å². The summed E-state index contributed by atoms with van der Waals surface area (Å²) in [7, 11) is 0. The third-order valence-corrected chi connectivity index (χ3v) is 4.01. The molecule has 2 rings (SSSR count). The minimum atomic E-state index is 0.379. The summed E-state index contributed by atoms with van der Waals surface area (Å²) in [4.78, 5) is 2.56. The molecule has 1 fully saturated rings. The molecule has 2 nitrogen and oxygen atoms in total. The second-order valence-electron chi connectivity index (χ2n) is 4.97. The number of hydrogen-bond donors (Lipinski definition) is 1. The molecular weight excluding hydrogens is 244 g/mol. The molecule has 0 spiro atoms. The van der Waals surface area contributed by atoms with Crippen LogP contribution in [0.5, 0.6) is 0 Å². The molecule has 100 valence electrons. The molecule has 0 bridgehead atoms. The van der Waals surface area contributed by atoms with Crippen molar-refractivity contribution in [2.45, 2.75) is 32.2 Å². The van der Waals surface area contributed by atoms with Crippen molar-refractivity contribution in [1.82, 2.24) is 10.2 Å². The first-order valence-corrected chi connectivity index (χ1v) is 7.39. The predicted octanol–water partition coefficient (Wildman–Crippen LogP) is 3.48. The molecule has 1 aromatic carbocycles. The first-order valence-electron chi connectivity index (χ1n) is 7.01. The molecule has 0 amide bonds. The van der Waals surface area contributed by atoms with Crippen molar-refractivity contribution in [2.75, 3.05) is 26.2 Å². The fourth-order valence-electron chi connectivity index (χ4n) is 2.69. The molecule has 1 N–H and O–H groups in total. The molecule has 0 saturated carbocycles. The SMILES string of the molecule is CCNC(CCN1CCCC1)c1ccccc1Cl. The van der Waals surface area contributed by atoms with Crippen LogP contribution in [0.1, 0.15) is 37.8 Å². The van der Waals surface area contributed by atoms with E-state index in [1.807, 2.05) is 12.1 Å². The number of likely N-dealkylation sites (tertiary alicyclic amines) is 1. The maximum atomic E-state index is 6.30. The fraction of sp³-hybridized carbons (Fsp3) is 0.600. The minimum Gasteiger partial charge on any atom is -0.310 e. The molecular formula is C15H23ClN2. The normalized spacial score (nSPS) is 18.1. The van der Waals surface area contributed by atoms with E-state index < -0.39 is 0 Å². The molecule has 1 saturated heterocycles. The van der Waals surface area contributed by atoms with Gasteiger partial charge in [-0.3, -0.25) is 0 Å². The number of rotatable bonds is 6. The van der Waals surface area contributed by atoms with Crippen LogP contribution in [0.15, 0.2) is 24.3 Å². The molecule has 1 aliphatic heterocycles. The van der Waals surface area contributed by atoms with Gasteiger partial charge in [0.2, 0.25) is 0 Å². The number of benzene rings is 1. The molecule has 0 radical (unpaired) electrons. The van der Waals surface area contributed by atoms with E-state index >= 15 is 0 Å². The topological polar surface area (TPSA) is 15.3 Å². The zero-order valence-electron chi connectivity index (χ0n) is 11.2. The van der Waals surface area contributed by atoms with E-state index in [9.17, 15) is 0 Å². The van der Waals surface area contributed by atoms with Gasteiger partial charge in [-0.25, -0.2) is 0 Å². The lowest BCUT2D eigenvalue weighted by atomic mass is 10.0. The van der Waals surface area contributed by atoms with E-state index in [1.165, 1.54) is 38.0 Å². The third kappa shape index (κ3) is 3.71. The van der Waals surface area contributed by atoms with Gasteiger partial charge in [-0.1, -0.05) is 36.7 Å². The molecule has 1 aromatic rings. The van der Waals surface area contributed by atoms with Gasteiger partial charge in [0.1, 0.15) is 0 Å². The molecule has 18 heavy (non-hydrogen) atoms. The van der Waals surface area contributed by atoms with Gasteiger partial charge in [0, 0.05) is 11.1 Å². The van der Waals surface area contributed by atoms with E-state index in [2.05, 4.69) is 29.3 Å². The Labute approximate surface area is 115 Å². The first kappa shape index (κ1) is 13.9. The fourth-order valence-corrected chi connectivity index (χ4v) is 2.96. The van der Waals surface area contributed by atoms with Crippen molar-refractivity contribution in [2.24, 2.45) is 0 Å². The minimum absolute atomic E-state index is 0.379. The van der Waals surface area contributed by atoms with Crippen molar-refractivity contribution < 1.29 is 0 Å². The maximum absolute atomic E-state index is 6.30. The monoisotopic (exact) mass is 266 g/mol. The van der Waals surface area contributed by atoms with Crippen LogP contribution in [0, 0.1) is 0 Å². The van der Waals surface area contributed by atoms with Gasteiger partial charge in [0.15, 0.2) is 0 Å². The second-order valence-corrected chi connectivity index (χ2v) is 5.38. The Kier molecular flexibility index (Phi) is 5.48. The van der Waals surface area contributed by atoms with Crippen LogP contribution in [0.2, 0.25) is 5.02 Å². The zero-order valence-corrected chi connectivity index (χ0v) is 11.9. The van der Waals surface area contributed by atoms with Gasteiger partial charge in [0.05, 0.1) is 0 Å². The summed E-state index contributed by atoms with van der Waals surface area (Å²) < 4.78 is 0. The van der Waals surface area contributed by atoms with Gasteiger partial charge in [-0.05, 0) is 57.1 Å². The summed E-state index contributed by atoms with van der Waals surface area (Å²) in [5.41, 5.74) is 1.24. The van der Waals surface area contributed by atoms with Gasteiger partial charge < -0.3 is 10.2 Å². The van der Waals surface area contributed by atoms with E-state index in [0.29, 0.717) is 6.04 Å². The summed E-state index contributed by atoms with van der Waals surface area (Å²) in [6.45, 7) is 6.83. The summed E-state index contributed by atoms with van der Waals surface area (Å²) >= 11 is 6.30. The predicted molar refractivity (Wildman–Crippen MR) is 78.2 cm³/mol. The molecule has 1 unspecified atom stereocenters. The highest BCUT2D eigenvalue weighted by Gasteiger charge is 2.17. The highest BCUT2D eigenvalue weighted by Crippen LogP contribution is 2.25. The number of nitrogens with one attached hydrogen (secondary N) is 1. The van der Waals surface area contributed by atoms with Crippen LogP contribution < -0.4 is 5.32 Å². The largest absolute Gasteiger partial charge is 0.310 e. The Hall–Kier alpha value is -0.570. The summed E-state index contributed by atoms with van der Waals surface area (Å²) in [6, 6.07) is 8.57. The first-order chi connectivity index (χ1) is 8.81. The van der Waals surface area contributed by atoms with E-state index in [0.717, 1.165) is 18.0 Å². The highest BCUT2D eigenvalue weighted by molar-refractivity contribution is 6.31.